The van der Waals surface area contributed by atoms with Crippen LogP contribution in [0.15, 0.2) is 60.7 Å². The number of ketones is 1. The first-order valence-electron chi connectivity index (χ1n) is 9.54. The summed E-state index contributed by atoms with van der Waals surface area (Å²) in [4.78, 5) is 24.5. The number of carbonyl (C=O) groups excluding carboxylic acids is 2. The number of aryl methyl sites for hydroxylation is 1. The van der Waals surface area contributed by atoms with Crippen LogP contribution in [-0.2, 0) is 17.8 Å². The van der Waals surface area contributed by atoms with Gasteiger partial charge in [-0.3, -0.25) is 9.59 Å². The normalized spacial score (nSPS) is 10.7. The van der Waals surface area contributed by atoms with Gasteiger partial charge in [-0.05, 0) is 44.4 Å². The summed E-state index contributed by atoms with van der Waals surface area (Å²) in [7, 11) is 0. The Balaban J connectivity index is 1.72. The van der Waals surface area contributed by atoms with Crippen molar-refractivity contribution in [2.75, 3.05) is 6.54 Å². The second-order valence-corrected chi connectivity index (χ2v) is 7.12. The molecule has 3 rings (SSSR count). The lowest BCUT2D eigenvalue weighted by atomic mass is 10.1. The minimum Gasteiger partial charge on any atom is -0.354 e. The van der Waals surface area contributed by atoms with Crippen molar-refractivity contribution >= 4 is 11.7 Å². The molecule has 2 aromatic carbocycles. The third-order valence-corrected chi connectivity index (χ3v) is 4.97. The van der Waals surface area contributed by atoms with Crippen molar-refractivity contribution in [2.45, 2.75) is 33.7 Å². The van der Waals surface area contributed by atoms with Crippen LogP contribution in [0.2, 0.25) is 0 Å². The van der Waals surface area contributed by atoms with E-state index in [0.717, 1.165) is 23.4 Å². The van der Waals surface area contributed by atoms with Gasteiger partial charge in [-0.2, -0.15) is 0 Å². The largest absolute Gasteiger partial charge is 0.354 e. The van der Waals surface area contributed by atoms with E-state index in [1.165, 1.54) is 11.1 Å². The highest BCUT2D eigenvalue weighted by Crippen LogP contribution is 2.26. The van der Waals surface area contributed by atoms with Gasteiger partial charge in [-0.25, -0.2) is 0 Å². The Morgan fingerprint density at radius 1 is 0.964 bits per heavy atom. The van der Waals surface area contributed by atoms with Crippen LogP contribution in [0.25, 0.3) is 11.3 Å². The average Bonchev–Trinajstić information content (AvgIpc) is 3.01. The van der Waals surface area contributed by atoms with Gasteiger partial charge in [0.05, 0.1) is 0 Å². The van der Waals surface area contributed by atoms with Gasteiger partial charge in [0.25, 0.3) is 0 Å². The summed E-state index contributed by atoms with van der Waals surface area (Å²) in [6.45, 7) is 6.29. The van der Waals surface area contributed by atoms with E-state index in [2.05, 4.69) is 36.5 Å². The molecule has 0 spiro atoms. The van der Waals surface area contributed by atoms with Crippen LogP contribution < -0.4 is 5.32 Å². The molecule has 1 heterocycles. The first kappa shape index (κ1) is 19.6. The topological polar surface area (TPSA) is 51.1 Å². The predicted molar refractivity (Wildman–Crippen MR) is 113 cm³/mol. The molecule has 0 aliphatic rings. The van der Waals surface area contributed by atoms with Crippen LogP contribution in [0.3, 0.4) is 0 Å². The summed E-state index contributed by atoms with van der Waals surface area (Å²) in [6, 6.07) is 20.1. The van der Waals surface area contributed by atoms with Gasteiger partial charge in [0, 0.05) is 23.5 Å². The number of hydrogen-bond donors (Lipinski definition) is 1. The van der Waals surface area contributed by atoms with Crippen LogP contribution in [0.5, 0.6) is 0 Å². The number of hydrogen-bond acceptors (Lipinski definition) is 2. The van der Waals surface area contributed by atoms with Crippen molar-refractivity contribution in [3.8, 4) is 11.3 Å². The number of nitrogens with zero attached hydrogens (tertiary/aromatic N) is 1. The van der Waals surface area contributed by atoms with Gasteiger partial charge in [0.2, 0.25) is 5.91 Å². The Morgan fingerprint density at radius 2 is 1.64 bits per heavy atom. The Labute approximate surface area is 166 Å². The molecule has 0 aliphatic carbocycles. The predicted octanol–water partition coefficient (Wildman–Crippen LogP) is 4.33. The number of nitrogens with one attached hydrogen (secondary N) is 1. The molecule has 0 bridgehead atoms. The number of rotatable bonds is 7. The van der Waals surface area contributed by atoms with Crippen LogP contribution >= 0.6 is 0 Å². The Hall–Kier alpha value is -3.14. The fraction of sp³-hybridized carbons (Fsp3) is 0.250. The summed E-state index contributed by atoms with van der Waals surface area (Å²) in [5.41, 5.74) is 5.78. The van der Waals surface area contributed by atoms with Crippen molar-refractivity contribution in [1.29, 1.82) is 0 Å². The standard InChI is InChI=1S/C24H26N2O2/c1-17-9-11-20(12-10-17)13-14-25-24(28)16-26-18(2)22(19(3)27)15-23(26)21-7-5-4-6-8-21/h4-12,15H,13-14,16H2,1-3H3,(H,25,28). The van der Waals surface area contributed by atoms with E-state index in [1.54, 1.807) is 6.92 Å². The summed E-state index contributed by atoms with van der Waals surface area (Å²) in [5.74, 6) is -0.0497. The Kier molecular flexibility index (Phi) is 6.09. The molecule has 1 aromatic heterocycles. The quantitative estimate of drug-likeness (QED) is 0.626. The maximum atomic E-state index is 12.6. The third kappa shape index (κ3) is 4.58. The molecule has 0 radical (unpaired) electrons. The van der Waals surface area contributed by atoms with E-state index in [1.807, 2.05) is 47.9 Å². The maximum absolute atomic E-state index is 12.6. The molecule has 4 nitrogen and oxygen atoms in total. The molecule has 28 heavy (non-hydrogen) atoms. The first-order valence-corrected chi connectivity index (χ1v) is 9.54. The van der Waals surface area contributed by atoms with E-state index in [4.69, 9.17) is 0 Å². The van der Waals surface area contributed by atoms with Crippen molar-refractivity contribution in [1.82, 2.24) is 9.88 Å². The average molecular weight is 374 g/mol. The molecule has 1 amide bonds. The molecule has 4 heteroatoms. The zero-order chi connectivity index (χ0) is 20.1. The van der Waals surface area contributed by atoms with E-state index in [0.29, 0.717) is 12.1 Å². The second-order valence-electron chi connectivity index (χ2n) is 7.12. The van der Waals surface area contributed by atoms with E-state index < -0.39 is 0 Å². The van der Waals surface area contributed by atoms with E-state index in [-0.39, 0.29) is 18.2 Å². The minimum atomic E-state index is -0.0573. The number of Topliss-reactive ketones (excluding diaryl/α,β-unsaturated/α-hetero) is 1. The lowest BCUT2D eigenvalue weighted by Gasteiger charge is -2.12. The molecular formula is C24H26N2O2. The summed E-state index contributed by atoms with van der Waals surface area (Å²) in [6.07, 6.45) is 0.793. The number of carbonyl (C=O) groups is 2. The smallest absolute Gasteiger partial charge is 0.239 e. The number of aromatic nitrogens is 1. The molecule has 0 saturated heterocycles. The highest BCUT2D eigenvalue weighted by molar-refractivity contribution is 5.97. The second kappa shape index (κ2) is 8.70. The molecular weight excluding hydrogens is 348 g/mol. The van der Waals surface area contributed by atoms with Gasteiger partial charge >= 0.3 is 0 Å². The zero-order valence-corrected chi connectivity index (χ0v) is 16.7. The van der Waals surface area contributed by atoms with Gasteiger partial charge in [-0.15, -0.1) is 0 Å². The molecule has 0 fully saturated rings. The SMILES string of the molecule is CC(=O)c1cc(-c2ccccc2)n(CC(=O)NCCc2ccc(C)cc2)c1C. The van der Waals surface area contributed by atoms with Crippen molar-refractivity contribution in [3.63, 3.8) is 0 Å². The fourth-order valence-corrected chi connectivity index (χ4v) is 3.35. The Morgan fingerprint density at radius 3 is 2.29 bits per heavy atom. The van der Waals surface area contributed by atoms with Crippen LogP contribution in [-0.4, -0.2) is 22.8 Å². The summed E-state index contributed by atoms with van der Waals surface area (Å²) < 4.78 is 1.92. The lowest BCUT2D eigenvalue weighted by Crippen LogP contribution is -2.30. The summed E-state index contributed by atoms with van der Waals surface area (Å²) >= 11 is 0. The first-order chi connectivity index (χ1) is 13.5. The molecule has 3 aromatic rings. The van der Waals surface area contributed by atoms with Gasteiger partial charge in [0.1, 0.15) is 6.54 Å². The molecule has 0 unspecified atom stereocenters. The highest BCUT2D eigenvalue weighted by Gasteiger charge is 2.17. The zero-order valence-electron chi connectivity index (χ0n) is 16.7. The molecule has 0 atom stereocenters. The molecule has 0 aliphatic heterocycles. The van der Waals surface area contributed by atoms with E-state index >= 15 is 0 Å². The van der Waals surface area contributed by atoms with E-state index in [9.17, 15) is 9.59 Å². The third-order valence-electron chi connectivity index (χ3n) is 4.97. The fourth-order valence-electron chi connectivity index (χ4n) is 3.35. The highest BCUT2D eigenvalue weighted by atomic mass is 16.2. The monoisotopic (exact) mass is 374 g/mol. The van der Waals surface area contributed by atoms with Crippen LogP contribution in [0, 0.1) is 13.8 Å². The van der Waals surface area contributed by atoms with Gasteiger partial charge < -0.3 is 9.88 Å². The lowest BCUT2D eigenvalue weighted by molar-refractivity contribution is -0.121. The summed E-state index contributed by atoms with van der Waals surface area (Å²) in [5, 5.41) is 2.99. The minimum absolute atomic E-state index is 0.00760. The van der Waals surface area contributed by atoms with Crippen LogP contribution in [0.4, 0.5) is 0 Å². The molecule has 0 saturated carbocycles. The van der Waals surface area contributed by atoms with Crippen molar-refractivity contribution in [3.05, 3.63) is 83.0 Å². The molecule has 144 valence electrons. The van der Waals surface area contributed by atoms with Crippen molar-refractivity contribution < 1.29 is 9.59 Å². The van der Waals surface area contributed by atoms with Gasteiger partial charge in [0.15, 0.2) is 5.78 Å². The molecule has 1 N–H and O–H groups in total. The van der Waals surface area contributed by atoms with Gasteiger partial charge in [-0.1, -0.05) is 60.2 Å². The number of amides is 1. The maximum Gasteiger partial charge on any atom is 0.239 e. The Bertz CT molecular complexity index is 970. The number of benzene rings is 2. The van der Waals surface area contributed by atoms with Crippen molar-refractivity contribution in [2.24, 2.45) is 0 Å². The van der Waals surface area contributed by atoms with Crippen LogP contribution in [0.1, 0.15) is 34.1 Å².